The van der Waals surface area contributed by atoms with E-state index in [0.717, 1.165) is 11.5 Å². The molecule has 1 rings (SSSR count). The van der Waals surface area contributed by atoms with Gasteiger partial charge in [-0.15, -0.1) is 6.58 Å². The summed E-state index contributed by atoms with van der Waals surface area (Å²) >= 11 is 8.11. The number of hydrogen-bond donors (Lipinski definition) is 3. The highest BCUT2D eigenvalue weighted by Crippen LogP contribution is 2.30. The molecule has 0 heterocycles. The Morgan fingerprint density at radius 2 is 2.10 bits per heavy atom. The quantitative estimate of drug-likeness (QED) is 0.445. The molecule has 0 aliphatic carbocycles. The van der Waals surface area contributed by atoms with Gasteiger partial charge in [0.1, 0.15) is 0 Å². The van der Waals surface area contributed by atoms with Crippen LogP contribution in [-0.4, -0.2) is 35.2 Å². The number of hydrogen-bond acceptors (Lipinski definition) is 3. The molecular formula is C13H14Br2N2O3S. The van der Waals surface area contributed by atoms with E-state index in [1.54, 1.807) is 23.9 Å². The zero-order valence-electron chi connectivity index (χ0n) is 11.0. The average Bonchev–Trinajstić information content (AvgIpc) is 2.41. The van der Waals surface area contributed by atoms with Gasteiger partial charge in [-0.05, 0) is 28.1 Å². The minimum Gasteiger partial charge on any atom is -0.478 e. The van der Waals surface area contributed by atoms with Crippen LogP contribution in [0.25, 0.3) is 0 Å². The lowest BCUT2D eigenvalue weighted by molar-refractivity contribution is 0.0698. The molecule has 0 aromatic heterocycles. The number of halogens is 2. The number of benzene rings is 1. The third-order valence-corrected chi connectivity index (χ3v) is 4.34. The third-order valence-electron chi connectivity index (χ3n) is 2.29. The summed E-state index contributed by atoms with van der Waals surface area (Å²) in [7, 11) is 0. The Hall–Kier alpha value is -0.990. The Kier molecular flexibility index (Phi) is 7.84. The van der Waals surface area contributed by atoms with E-state index in [4.69, 9.17) is 0 Å². The van der Waals surface area contributed by atoms with Gasteiger partial charge in [0.05, 0.1) is 11.3 Å². The van der Waals surface area contributed by atoms with Gasteiger partial charge in [-0.2, -0.15) is 11.8 Å². The van der Waals surface area contributed by atoms with Gasteiger partial charge in [0.15, 0.2) is 0 Å². The van der Waals surface area contributed by atoms with E-state index >= 15 is 0 Å². The zero-order chi connectivity index (χ0) is 15.8. The molecule has 21 heavy (non-hydrogen) atoms. The second-order valence-corrected chi connectivity index (χ2v) is 6.78. The maximum Gasteiger partial charge on any atom is 0.337 e. The first-order valence-corrected chi connectivity index (χ1v) is 8.65. The molecule has 5 nitrogen and oxygen atoms in total. The Morgan fingerprint density at radius 1 is 1.38 bits per heavy atom. The van der Waals surface area contributed by atoms with Crippen LogP contribution in [0.3, 0.4) is 0 Å². The second-order valence-electron chi connectivity index (χ2n) is 3.86. The van der Waals surface area contributed by atoms with Gasteiger partial charge < -0.3 is 15.7 Å². The van der Waals surface area contributed by atoms with Crippen molar-refractivity contribution in [3.05, 3.63) is 39.3 Å². The topological polar surface area (TPSA) is 78.4 Å². The summed E-state index contributed by atoms with van der Waals surface area (Å²) in [6.45, 7) is 4.09. The van der Waals surface area contributed by atoms with Gasteiger partial charge in [-0.25, -0.2) is 9.59 Å². The highest BCUT2D eigenvalue weighted by Gasteiger charge is 2.16. The van der Waals surface area contributed by atoms with Gasteiger partial charge in [0.2, 0.25) is 0 Å². The molecule has 0 aliphatic heterocycles. The fourth-order valence-electron chi connectivity index (χ4n) is 1.43. The van der Waals surface area contributed by atoms with Gasteiger partial charge in [0, 0.05) is 27.0 Å². The molecule has 0 radical (unpaired) electrons. The molecule has 1 aromatic carbocycles. The Labute approximate surface area is 143 Å². The van der Waals surface area contributed by atoms with Crippen molar-refractivity contribution in [1.82, 2.24) is 5.32 Å². The summed E-state index contributed by atoms with van der Waals surface area (Å²) in [5, 5.41) is 14.4. The van der Waals surface area contributed by atoms with Gasteiger partial charge in [-0.3, -0.25) is 0 Å². The van der Waals surface area contributed by atoms with Crippen molar-refractivity contribution in [2.45, 2.75) is 0 Å². The molecule has 3 N–H and O–H groups in total. The van der Waals surface area contributed by atoms with Crippen molar-refractivity contribution < 1.29 is 14.7 Å². The predicted octanol–water partition coefficient (Wildman–Crippen LogP) is 3.95. The average molecular weight is 438 g/mol. The Morgan fingerprint density at radius 3 is 2.71 bits per heavy atom. The molecule has 2 amide bonds. The zero-order valence-corrected chi connectivity index (χ0v) is 15.0. The summed E-state index contributed by atoms with van der Waals surface area (Å²) in [6.07, 6.45) is 1.79. The minimum atomic E-state index is -1.12. The number of carboxylic acid groups (broad SMARTS) is 1. The lowest BCUT2D eigenvalue weighted by Crippen LogP contribution is -2.31. The van der Waals surface area contributed by atoms with Crippen LogP contribution in [0.5, 0.6) is 0 Å². The maximum absolute atomic E-state index is 11.8. The molecule has 114 valence electrons. The first-order valence-electron chi connectivity index (χ1n) is 5.91. The van der Waals surface area contributed by atoms with Crippen LogP contribution in [-0.2, 0) is 0 Å². The first kappa shape index (κ1) is 18.1. The third kappa shape index (κ3) is 6.11. The lowest BCUT2D eigenvalue weighted by Gasteiger charge is -2.12. The maximum atomic E-state index is 11.8. The van der Waals surface area contributed by atoms with Crippen molar-refractivity contribution in [3.8, 4) is 0 Å². The van der Waals surface area contributed by atoms with E-state index in [2.05, 4.69) is 49.1 Å². The van der Waals surface area contributed by atoms with Crippen LogP contribution >= 0.6 is 43.6 Å². The van der Waals surface area contributed by atoms with E-state index in [0.29, 0.717) is 15.5 Å². The number of carbonyl (C=O) groups excluding carboxylic acids is 1. The molecule has 8 heteroatoms. The van der Waals surface area contributed by atoms with Crippen LogP contribution in [0.4, 0.5) is 10.5 Å². The SMILES string of the molecule is C=CCSCCNC(=O)Nc1c(Br)cc(Br)cc1C(=O)O. The van der Waals surface area contributed by atoms with Crippen molar-refractivity contribution in [3.63, 3.8) is 0 Å². The molecule has 1 aromatic rings. The Bertz CT molecular complexity index is 552. The molecule has 0 bridgehead atoms. The number of carbonyl (C=O) groups is 2. The summed E-state index contributed by atoms with van der Waals surface area (Å²) in [4.78, 5) is 23.0. The summed E-state index contributed by atoms with van der Waals surface area (Å²) in [5.74, 6) is 0.464. The summed E-state index contributed by atoms with van der Waals surface area (Å²) in [5.41, 5.74) is 0.231. The van der Waals surface area contributed by atoms with E-state index in [9.17, 15) is 14.7 Å². The number of thioether (sulfide) groups is 1. The van der Waals surface area contributed by atoms with Crippen LogP contribution in [0.2, 0.25) is 0 Å². The lowest BCUT2D eigenvalue weighted by atomic mass is 10.2. The van der Waals surface area contributed by atoms with Crippen LogP contribution in [0.1, 0.15) is 10.4 Å². The van der Waals surface area contributed by atoms with Gasteiger partial charge in [-0.1, -0.05) is 22.0 Å². The molecule has 0 aliphatic rings. The van der Waals surface area contributed by atoms with E-state index in [1.807, 2.05) is 0 Å². The van der Waals surface area contributed by atoms with E-state index < -0.39 is 12.0 Å². The molecule has 0 spiro atoms. The highest BCUT2D eigenvalue weighted by atomic mass is 79.9. The minimum absolute atomic E-state index is 0.00688. The van der Waals surface area contributed by atoms with Gasteiger partial charge >= 0.3 is 12.0 Å². The largest absolute Gasteiger partial charge is 0.478 e. The number of carboxylic acids is 1. The standard InChI is InChI=1S/C13H14Br2N2O3S/c1-2-4-21-5-3-16-13(20)17-11-9(12(18)19)6-8(14)7-10(11)15/h2,6-7H,1,3-5H2,(H,18,19)(H2,16,17,20). The molecule has 0 atom stereocenters. The smallest absolute Gasteiger partial charge is 0.337 e. The summed E-state index contributed by atoms with van der Waals surface area (Å²) in [6, 6.07) is 2.66. The fourth-order valence-corrected chi connectivity index (χ4v) is 3.33. The Balaban J connectivity index is 2.67. The molecule has 0 unspecified atom stereocenters. The predicted molar refractivity (Wildman–Crippen MR) is 93.3 cm³/mol. The highest BCUT2D eigenvalue weighted by molar-refractivity contribution is 9.11. The van der Waals surface area contributed by atoms with E-state index in [1.165, 1.54) is 6.07 Å². The van der Waals surface area contributed by atoms with Crippen LogP contribution < -0.4 is 10.6 Å². The van der Waals surface area contributed by atoms with Crippen molar-refractivity contribution in [2.24, 2.45) is 0 Å². The van der Waals surface area contributed by atoms with Crippen LogP contribution in [0, 0.1) is 0 Å². The molecular weight excluding hydrogens is 424 g/mol. The van der Waals surface area contributed by atoms with Crippen molar-refractivity contribution in [1.29, 1.82) is 0 Å². The summed E-state index contributed by atoms with van der Waals surface area (Å²) < 4.78 is 1.10. The van der Waals surface area contributed by atoms with Crippen molar-refractivity contribution >= 4 is 61.3 Å². The fraction of sp³-hybridized carbons (Fsp3) is 0.231. The molecule has 0 fully saturated rings. The monoisotopic (exact) mass is 436 g/mol. The molecule has 0 saturated carbocycles. The van der Waals surface area contributed by atoms with Crippen LogP contribution in [0.15, 0.2) is 33.7 Å². The number of rotatable bonds is 7. The van der Waals surface area contributed by atoms with E-state index in [-0.39, 0.29) is 11.3 Å². The molecule has 0 saturated heterocycles. The van der Waals surface area contributed by atoms with Gasteiger partial charge in [0.25, 0.3) is 0 Å². The number of amides is 2. The number of urea groups is 1. The number of anilines is 1. The second kappa shape index (κ2) is 9.11. The number of nitrogens with one attached hydrogen (secondary N) is 2. The number of aromatic carboxylic acids is 1. The first-order chi connectivity index (χ1) is 9.95. The van der Waals surface area contributed by atoms with Crippen molar-refractivity contribution in [2.75, 3.05) is 23.4 Å². The normalized spacial score (nSPS) is 10.0.